The summed E-state index contributed by atoms with van der Waals surface area (Å²) in [6.07, 6.45) is -3.55. The fourth-order valence-electron chi connectivity index (χ4n) is 11.4. The number of ether oxygens (including phenoxy) is 2. The molecule has 0 aliphatic heterocycles. The normalized spacial score (nSPS) is 11.6. The highest BCUT2D eigenvalue weighted by Crippen LogP contribution is 2.46. The molecule has 119 heavy (non-hydrogen) atoms. The van der Waals surface area contributed by atoms with Crippen LogP contribution in [0.3, 0.4) is 0 Å². The zero-order chi connectivity index (χ0) is 85.4. The molecule has 32 heteroatoms. The molecule has 0 saturated carbocycles. The van der Waals surface area contributed by atoms with E-state index in [1.54, 1.807) is 0 Å². The Balaban J connectivity index is 0.000000157. The van der Waals surface area contributed by atoms with Crippen molar-refractivity contribution in [3.63, 3.8) is 0 Å². The Bertz CT molecular complexity index is 5390. The minimum absolute atomic E-state index is 0.108. The smallest absolute Gasteiger partial charge is 0.461 e. The maximum absolute atomic E-state index is 12.8. The first-order chi connectivity index (χ1) is 56.9. The van der Waals surface area contributed by atoms with E-state index in [-0.39, 0.29) is 33.2 Å². The molecule has 0 fully saturated rings. The monoisotopic (exact) mass is 1730 g/mol. The first-order valence-electron chi connectivity index (χ1n) is 37.5. The molecule has 17 nitrogen and oxygen atoms in total. The summed E-state index contributed by atoms with van der Waals surface area (Å²) >= 11 is 29.2. The van der Waals surface area contributed by atoms with Gasteiger partial charge in [-0.25, -0.2) is 19.9 Å². The molecular weight excluding hydrogens is 1650 g/mol. The van der Waals surface area contributed by atoms with E-state index in [1.165, 1.54) is 42.4 Å². The predicted octanol–water partition coefficient (Wildman–Crippen LogP) is 26.1. The Morgan fingerprint density at radius 3 is 0.941 bits per heavy atom. The standard InChI is InChI=1S/C23H14ClN3.C21H14ClN3.C21H22ClN3.C15H26ClN3O2.C7ClF10N3/c24-23-26-21(19-13-5-9-15-7-1-3-11-17(15)19)25-22(27-23)20-14-6-10-16-8-2-4-12-18(16)20;22-21-24-19(17-9-5-2-6-10-17)23-20(25-21)18-13-11-16(12-14-18)15-7-3-1-4-8-15;1-13(2)15-5-9-17(10-6-15)19-23-20(25-21(22)24-19)18-11-7-16(8-12-18)14(3)4;1-3-5-7-9-11-20-14-17-13(16)18-15(19-14)21-12-10-8-6-4-2;8-3-20-1(4(9,10)6(13,14)15)19-2(21-3)5(11,12)7(16,17)18/h1-14H;1-14H;5-14H,1-4H3;3-12H2,1-2H3;. The molecule has 0 bridgehead atoms. The van der Waals surface area contributed by atoms with Crippen LogP contribution in [0.5, 0.6) is 12.0 Å². The molecule has 9 aromatic carbocycles. The van der Waals surface area contributed by atoms with Crippen molar-refractivity contribution >= 4 is 79.5 Å². The molecule has 0 unspecified atom stereocenters. The summed E-state index contributed by atoms with van der Waals surface area (Å²) in [6, 6.07) is 73.7. The third-order valence-electron chi connectivity index (χ3n) is 17.7. The number of rotatable bonds is 23. The SMILES string of the molecule is CC(C)c1ccc(-c2nc(Cl)nc(-c3ccc(C(C)C)cc3)n2)cc1.CCCCCCOc1nc(Cl)nc(OCCCCCC)n1.Clc1nc(-c2cccc3ccccc23)nc(-c2cccc3ccccc23)n1.Clc1nc(-c2ccccc2)nc(-c2ccc(-c3ccccc3)cc2)n1.FC(F)(F)C(F)(F)c1nc(Cl)nc(C(F)(F)C(F)(F)F)n1. The van der Waals surface area contributed by atoms with Gasteiger partial charge in [0.2, 0.25) is 38.1 Å². The number of halogens is 15. The van der Waals surface area contributed by atoms with Gasteiger partial charge in [-0.15, -0.1) is 4.98 Å². The summed E-state index contributed by atoms with van der Waals surface area (Å²) < 4.78 is 134. The molecule has 5 heterocycles. The molecule has 0 atom stereocenters. The van der Waals surface area contributed by atoms with Gasteiger partial charge in [-0.3, -0.25) is 0 Å². The fraction of sp³-hybridized carbons (Fsp3) is 0.253. The Kier molecular flexibility index (Phi) is 31.9. The van der Waals surface area contributed by atoms with E-state index in [9.17, 15) is 43.9 Å². The molecular formula is C87H76Cl5F10N15O2. The molecule has 0 N–H and O–H groups in total. The lowest BCUT2D eigenvalue weighted by molar-refractivity contribution is -0.297. The Labute approximate surface area is 704 Å². The summed E-state index contributed by atoms with van der Waals surface area (Å²) in [7, 11) is 0. The zero-order valence-corrected chi connectivity index (χ0v) is 68.5. The molecule has 5 aromatic heterocycles. The highest BCUT2D eigenvalue weighted by molar-refractivity contribution is 6.29. The summed E-state index contributed by atoms with van der Waals surface area (Å²) in [5.74, 6) is -12.7. The van der Waals surface area contributed by atoms with Crippen molar-refractivity contribution in [1.82, 2.24) is 74.8 Å². The van der Waals surface area contributed by atoms with Crippen molar-refractivity contribution in [2.75, 3.05) is 13.2 Å². The quantitative estimate of drug-likeness (QED) is 0.0430. The van der Waals surface area contributed by atoms with Gasteiger partial charge in [0.15, 0.2) is 34.9 Å². The zero-order valence-electron chi connectivity index (χ0n) is 64.7. The maximum atomic E-state index is 12.8. The summed E-state index contributed by atoms with van der Waals surface area (Å²) in [5, 5.41) is 3.47. The van der Waals surface area contributed by atoms with Crippen molar-refractivity contribution in [3.05, 3.63) is 268 Å². The van der Waals surface area contributed by atoms with Crippen molar-refractivity contribution in [2.45, 2.75) is 129 Å². The Hall–Kier alpha value is -11.1. The number of unbranched alkanes of at least 4 members (excludes halogenated alkanes) is 6. The largest absolute Gasteiger partial charge is 0.463 e. The fourth-order valence-corrected chi connectivity index (χ4v) is 12.2. The van der Waals surface area contributed by atoms with Crippen molar-refractivity contribution < 1.29 is 53.4 Å². The van der Waals surface area contributed by atoms with Gasteiger partial charge in [0.05, 0.1) is 13.2 Å². The molecule has 0 radical (unpaired) electrons. The third-order valence-corrected chi connectivity index (χ3v) is 18.6. The molecule has 616 valence electrons. The molecule has 14 aromatic rings. The highest BCUT2D eigenvalue weighted by Gasteiger charge is 2.65. The van der Waals surface area contributed by atoms with E-state index in [2.05, 4.69) is 191 Å². The average Bonchev–Trinajstić information content (AvgIpc) is 0.759. The van der Waals surface area contributed by atoms with E-state index in [1.807, 2.05) is 138 Å². The van der Waals surface area contributed by atoms with Gasteiger partial charge in [0.1, 0.15) is 0 Å². The Morgan fingerprint density at radius 1 is 0.277 bits per heavy atom. The van der Waals surface area contributed by atoms with E-state index >= 15 is 0 Å². The van der Waals surface area contributed by atoms with Crippen LogP contribution in [0.25, 0.3) is 101 Å². The summed E-state index contributed by atoms with van der Waals surface area (Å²) in [4.78, 5) is 58.2. The second-order valence-electron chi connectivity index (χ2n) is 27.1. The van der Waals surface area contributed by atoms with Gasteiger partial charge in [0, 0.05) is 33.4 Å². The number of hydrogen-bond acceptors (Lipinski definition) is 17. The highest BCUT2D eigenvalue weighted by atomic mass is 35.5. The van der Waals surface area contributed by atoms with Crippen molar-refractivity contribution in [3.8, 4) is 91.5 Å². The third kappa shape index (κ3) is 25.0. The second-order valence-corrected chi connectivity index (χ2v) is 28.7. The lowest BCUT2D eigenvalue weighted by Crippen LogP contribution is -2.39. The number of hydrogen-bond donors (Lipinski definition) is 0. The van der Waals surface area contributed by atoms with Crippen LogP contribution in [-0.4, -0.2) is 100 Å². The minimum Gasteiger partial charge on any atom is -0.463 e. The molecule has 0 aliphatic carbocycles. The topological polar surface area (TPSA) is 212 Å². The maximum Gasteiger partial charge on any atom is 0.461 e. The number of aromatic nitrogens is 15. The molecule has 0 aliphatic rings. The first-order valence-corrected chi connectivity index (χ1v) is 39.4. The predicted molar refractivity (Wildman–Crippen MR) is 445 cm³/mol. The van der Waals surface area contributed by atoms with Crippen LogP contribution in [-0.2, 0) is 11.8 Å². The summed E-state index contributed by atoms with van der Waals surface area (Å²) in [5.41, 5.74) is 10.5. The van der Waals surface area contributed by atoms with Crippen molar-refractivity contribution in [2.24, 2.45) is 0 Å². The van der Waals surface area contributed by atoms with Crippen LogP contribution < -0.4 is 9.47 Å². The average molecular weight is 1730 g/mol. The van der Waals surface area contributed by atoms with E-state index in [4.69, 9.17) is 72.5 Å². The van der Waals surface area contributed by atoms with Gasteiger partial charge in [-0.05, 0) is 126 Å². The number of fused-ring (bicyclic) bond motifs is 2. The first kappa shape index (κ1) is 90.2. The van der Waals surface area contributed by atoms with E-state index < -0.39 is 41.1 Å². The molecule has 0 spiro atoms. The van der Waals surface area contributed by atoms with Gasteiger partial charge in [0.25, 0.3) is 0 Å². The summed E-state index contributed by atoms with van der Waals surface area (Å²) in [6.45, 7) is 14.2. The number of benzene rings is 9. The van der Waals surface area contributed by atoms with Gasteiger partial charge in [-0.1, -0.05) is 298 Å². The van der Waals surface area contributed by atoms with Gasteiger partial charge < -0.3 is 9.47 Å². The Morgan fingerprint density at radius 2 is 0.571 bits per heavy atom. The van der Waals surface area contributed by atoms with Crippen LogP contribution in [0.2, 0.25) is 26.4 Å². The van der Waals surface area contributed by atoms with Gasteiger partial charge in [-0.2, -0.15) is 93.7 Å². The molecule has 14 rings (SSSR count). The van der Waals surface area contributed by atoms with Crippen LogP contribution in [0, 0.1) is 0 Å². The van der Waals surface area contributed by atoms with Crippen molar-refractivity contribution in [1.29, 1.82) is 0 Å². The second kappa shape index (κ2) is 42.0. The van der Waals surface area contributed by atoms with Crippen LogP contribution in [0.4, 0.5) is 43.9 Å². The molecule has 0 amide bonds. The van der Waals surface area contributed by atoms with Crippen LogP contribution in [0.1, 0.15) is 128 Å². The van der Waals surface area contributed by atoms with Gasteiger partial charge >= 0.3 is 36.2 Å². The van der Waals surface area contributed by atoms with Crippen LogP contribution in [0.15, 0.2) is 218 Å². The molecule has 0 saturated heterocycles. The minimum atomic E-state index is -6.33. The van der Waals surface area contributed by atoms with E-state index in [0.717, 1.165) is 86.2 Å². The van der Waals surface area contributed by atoms with E-state index in [0.29, 0.717) is 60.0 Å². The lowest BCUT2D eigenvalue weighted by Gasteiger charge is -2.21. The van der Waals surface area contributed by atoms with Crippen LogP contribution >= 0.6 is 58.0 Å². The number of nitrogens with zero attached hydrogens (tertiary/aromatic N) is 15. The lowest BCUT2D eigenvalue weighted by atomic mass is 10.0. The number of alkyl halides is 10.